The summed E-state index contributed by atoms with van der Waals surface area (Å²) in [5, 5.41) is 22.8. The molecule has 0 unspecified atom stereocenters. The highest BCUT2D eigenvalue weighted by atomic mass is 35.5. The van der Waals surface area contributed by atoms with Crippen LogP contribution in [0.3, 0.4) is 0 Å². The Balaban J connectivity index is 1.67. The number of carbonyl (C=O) groups excluding carboxylic acids is 1. The van der Waals surface area contributed by atoms with E-state index in [9.17, 15) is 14.9 Å². The molecule has 150 valence electrons. The zero-order chi connectivity index (χ0) is 21.0. The molecule has 0 fully saturated rings. The van der Waals surface area contributed by atoms with E-state index < -0.39 is 4.92 Å². The van der Waals surface area contributed by atoms with E-state index in [0.29, 0.717) is 33.0 Å². The number of non-ortho nitro benzene ring substituents is 1. The van der Waals surface area contributed by atoms with Gasteiger partial charge in [0.05, 0.1) is 23.3 Å². The smallest absolute Gasteiger partial charge is 0.269 e. The lowest BCUT2D eigenvalue weighted by molar-refractivity contribution is -0.384. The summed E-state index contributed by atoms with van der Waals surface area (Å²) in [7, 11) is 3.34. The Labute approximate surface area is 175 Å². The number of benzene rings is 2. The molecule has 2 aromatic carbocycles. The molecule has 0 saturated heterocycles. The summed E-state index contributed by atoms with van der Waals surface area (Å²) in [5.41, 5.74) is 1.13. The highest BCUT2D eigenvalue weighted by Crippen LogP contribution is 2.32. The maximum atomic E-state index is 12.2. The van der Waals surface area contributed by atoms with Gasteiger partial charge in [0, 0.05) is 29.9 Å². The molecule has 1 aromatic heterocycles. The average Bonchev–Trinajstić information content (AvgIpc) is 3.07. The van der Waals surface area contributed by atoms with Gasteiger partial charge in [-0.1, -0.05) is 23.4 Å². The molecule has 0 spiro atoms. The average molecular weight is 434 g/mol. The lowest BCUT2D eigenvalue weighted by Gasteiger charge is -2.09. The number of halogens is 1. The Bertz CT molecular complexity index is 1050. The van der Waals surface area contributed by atoms with Gasteiger partial charge in [-0.15, -0.1) is 10.2 Å². The number of carbonyl (C=O) groups is 1. The van der Waals surface area contributed by atoms with E-state index in [0.717, 1.165) is 0 Å². The van der Waals surface area contributed by atoms with E-state index in [2.05, 4.69) is 15.5 Å². The van der Waals surface area contributed by atoms with Gasteiger partial charge in [-0.05, 0) is 30.3 Å². The SMILES string of the molecule is COc1ccc(Cl)cc1-c1nnc(SCC(=O)Nc2ccc([N+](=O)[O-])cc2)n1C. The van der Waals surface area contributed by atoms with Crippen LogP contribution in [0.1, 0.15) is 0 Å². The van der Waals surface area contributed by atoms with E-state index >= 15 is 0 Å². The summed E-state index contributed by atoms with van der Waals surface area (Å²) in [5.74, 6) is 0.990. The van der Waals surface area contributed by atoms with Gasteiger partial charge in [0.25, 0.3) is 5.69 Å². The lowest BCUT2D eigenvalue weighted by Crippen LogP contribution is -2.14. The third-order valence-electron chi connectivity index (χ3n) is 3.93. The van der Waals surface area contributed by atoms with Gasteiger partial charge in [-0.3, -0.25) is 14.9 Å². The van der Waals surface area contributed by atoms with E-state index in [-0.39, 0.29) is 17.3 Å². The van der Waals surface area contributed by atoms with Gasteiger partial charge < -0.3 is 14.6 Å². The second kappa shape index (κ2) is 8.93. The van der Waals surface area contributed by atoms with Crippen molar-refractivity contribution in [3.05, 3.63) is 57.6 Å². The van der Waals surface area contributed by atoms with Crippen LogP contribution in [0.4, 0.5) is 11.4 Å². The summed E-state index contributed by atoms with van der Waals surface area (Å²) < 4.78 is 7.10. The van der Waals surface area contributed by atoms with Crippen LogP contribution < -0.4 is 10.1 Å². The van der Waals surface area contributed by atoms with Crippen LogP contribution in [-0.4, -0.2) is 38.5 Å². The van der Waals surface area contributed by atoms with Crippen LogP contribution in [0.5, 0.6) is 5.75 Å². The maximum Gasteiger partial charge on any atom is 0.269 e. The van der Waals surface area contributed by atoms with E-state index in [1.807, 2.05) is 0 Å². The minimum Gasteiger partial charge on any atom is -0.496 e. The minimum absolute atomic E-state index is 0.0413. The predicted molar refractivity (Wildman–Crippen MR) is 110 cm³/mol. The van der Waals surface area contributed by atoms with Gasteiger partial charge in [0.1, 0.15) is 5.75 Å². The van der Waals surface area contributed by atoms with Gasteiger partial charge in [-0.25, -0.2) is 0 Å². The normalized spacial score (nSPS) is 10.6. The van der Waals surface area contributed by atoms with E-state index in [1.54, 1.807) is 36.9 Å². The Morgan fingerprint density at radius 3 is 2.66 bits per heavy atom. The summed E-state index contributed by atoms with van der Waals surface area (Å²) in [6.07, 6.45) is 0. The van der Waals surface area contributed by atoms with Crippen molar-refractivity contribution >= 4 is 40.6 Å². The Morgan fingerprint density at radius 2 is 2.00 bits per heavy atom. The fraction of sp³-hybridized carbons (Fsp3) is 0.167. The molecule has 11 heteroatoms. The first-order chi connectivity index (χ1) is 13.9. The number of nitrogens with zero attached hydrogens (tertiary/aromatic N) is 4. The van der Waals surface area contributed by atoms with Crippen molar-refractivity contribution in [3.8, 4) is 17.1 Å². The van der Waals surface area contributed by atoms with Crippen molar-refractivity contribution in [1.82, 2.24) is 14.8 Å². The van der Waals surface area contributed by atoms with Crippen molar-refractivity contribution in [1.29, 1.82) is 0 Å². The standard InChI is InChI=1S/C18H16ClN5O4S/c1-23-17(14-9-11(19)3-8-15(14)28-2)21-22-18(23)29-10-16(25)20-12-4-6-13(7-5-12)24(26)27/h3-9H,10H2,1-2H3,(H,20,25). The van der Waals surface area contributed by atoms with E-state index in [1.165, 1.54) is 36.0 Å². The predicted octanol–water partition coefficient (Wildman–Crippen LogP) is 3.78. The lowest BCUT2D eigenvalue weighted by atomic mass is 10.2. The molecule has 0 bridgehead atoms. The van der Waals surface area contributed by atoms with Crippen molar-refractivity contribution < 1.29 is 14.5 Å². The largest absolute Gasteiger partial charge is 0.496 e. The third kappa shape index (κ3) is 4.84. The first-order valence-corrected chi connectivity index (χ1v) is 9.66. The molecular weight excluding hydrogens is 418 g/mol. The third-order valence-corrected chi connectivity index (χ3v) is 5.19. The van der Waals surface area contributed by atoms with E-state index in [4.69, 9.17) is 16.3 Å². The second-order valence-corrected chi connectivity index (χ2v) is 7.23. The number of nitro groups is 1. The highest BCUT2D eigenvalue weighted by molar-refractivity contribution is 7.99. The molecule has 1 heterocycles. The molecule has 0 aliphatic rings. The van der Waals surface area contributed by atoms with Crippen molar-refractivity contribution in [3.63, 3.8) is 0 Å². The van der Waals surface area contributed by atoms with Crippen molar-refractivity contribution in [2.24, 2.45) is 7.05 Å². The van der Waals surface area contributed by atoms with Gasteiger partial charge in [0.15, 0.2) is 11.0 Å². The number of amides is 1. The molecule has 0 aliphatic heterocycles. The van der Waals surface area contributed by atoms with Crippen LogP contribution in [0.25, 0.3) is 11.4 Å². The van der Waals surface area contributed by atoms with Crippen LogP contribution in [0, 0.1) is 10.1 Å². The molecule has 9 nitrogen and oxygen atoms in total. The molecule has 0 radical (unpaired) electrons. The number of rotatable bonds is 7. The Kier molecular flexibility index (Phi) is 6.35. The number of thioether (sulfide) groups is 1. The number of hydrogen-bond donors (Lipinski definition) is 1. The maximum absolute atomic E-state index is 12.2. The van der Waals surface area contributed by atoms with Gasteiger partial charge in [-0.2, -0.15) is 0 Å². The summed E-state index contributed by atoms with van der Waals surface area (Å²) in [6, 6.07) is 10.8. The van der Waals surface area contributed by atoms with Crippen LogP contribution in [0.15, 0.2) is 47.6 Å². The highest BCUT2D eigenvalue weighted by Gasteiger charge is 2.17. The molecule has 3 aromatic rings. The number of hydrogen-bond acceptors (Lipinski definition) is 7. The number of nitro benzene ring substituents is 1. The topological polar surface area (TPSA) is 112 Å². The number of methoxy groups -OCH3 is 1. The van der Waals surface area contributed by atoms with Crippen molar-refractivity contribution in [2.75, 3.05) is 18.2 Å². The quantitative estimate of drug-likeness (QED) is 0.342. The molecule has 0 saturated carbocycles. The monoisotopic (exact) mass is 433 g/mol. The summed E-state index contributed by atoms with van der Waals surface area (Å²) in [4.78, 5) is 22.4. The van der Waals surface area contributed by atoms with Crippen LogP contribution >= 0.6 is 23.4 Å². The molecular formula is C18H16ClN5O4S. The molecule has 1 N–H and O–H groups in total. The summed E-state index contributed by atoms with van der Waals surface area (Å²) in [6.45, 7) is 0. The zero-order valence-corrected chi connectivity index (χ0v) is 17.0. The fourth-order valence-corrected chi connectivity index (χ4v) is 3.41. The van der Waals surface area contributed by atoms with Crippen LogP contribution in [-0.2, 0) is 11.8 Å². The first-order valence-electron chi connectivity index (χ1n) is 8.29. The zero-order valence-electron chi connectivity index (χ0n) is 15.5. The van der Waals surface area contributed by atoms with Crippen LogP contribution in [0.2, 0.25) is 5.02 Å². The Hall–Kier alpha value is -3.11. The number of ether oxygens (including phenoxy) is 1. The molecule has 29 heavy (non-hydrogen) atoms. The molecule has 3 rings (SSSR count). The Morgan fingerprint density at radius 1 is 1.28 bits per heavy atom. The second-order valence-electron chi connectivity index (χ2n) is 5.85. The molecule has 1 amide bonds. The van der Waals surface area contributed by atoms with Crippen molar-refractivity contribution in [2.45, 2.75) is 5.16 Å². The minimum atomic E-state index is -0.498. The fourth-order valence-electron chi connectivity index (χ4n) is 2.52. The molecule has 0 atom stereocenters. The van der Waals surface area contributed by atoms with Gasteiger partial charge in [0.2, 0.25) is 5.91 Å². The number of nitrogens with one attached hydrogen (secondary N) is 1. The number of anilines is 1. The summed E-state index contributed by atoms with van der Waals surface area (Å²) >= 11 is 7.29. The molecule has 0 aliphatic carbocycles. The first kappa shape index (κ1) is 20.6. The van der Waals surface area contributed by atoms with Gasteiger partial charge >= 0.3 is 0 Å². The number of aromatic nitrogens is 3.